The number of amides is 3. The topological polar surface area (TPSA) is 61.4 Å². The third-order valence-corrected chi connectivity index (χ3v) is 3.45. The second-order valence-corrected chi connectivity index (χ2v) is 6.41. The molecule has 0 spiro atoms. The fraction of sp³-hybridized carbons (Fsp3) is 0.500. The molecule has 1 aromatic rings. The summed E-state index contributed by atoms with van der Waals surface area (Å²) in [5.74, 6) is -0.0504. The highest BCUT2D eigenvalue weighted by Gasteiger charge is 2.21. The Morgan fingerprint density at radius 3 is 2.19 bits per heavy atom. The fourth-order valence-corrected chi connectivity index (χ4v) is 2.12. The zero-order valence-electron chi connectivity index (χ0n) is 12.9. The second-order valence-electron chi connectivity index (χ2n) is 6.41. The van der Waals surface area contributed by atoms with Crippen LogP contribution in [0.2, 0.25) is 0 Å². The molecule has 1 heterocycles. The number of hydrogen-bond acceptors (Lipinski definition) is 2. The SMILES string of the molecule is CC(C)(C)C(=O)Nc1cccc(NC(=O)N2CCCC2)c1. The van der Waals surface area contributed by atoms with Gasteiger partial charge in [-0.25, -0.2) is 4.79 Å². The van der Waals surface area contributed by atoms with Crippen molar-refractivity contribution in [2.45, 2.75) is 33.6 Å². The minimum Gasteiger partial charge on any atom is -0.326 e. The van der Waals surface area contributed by atoms with E-state index in [1.165, 1.54) is 0 Å². The van der Waals surface area contributed by atoms with E-state index in [2.05, 4.69) is 10.6 Å². The largest absolute Gasteiger partial charge is 0.326 e. The van der Waals surface area contributed by atoms with E-state index in [4.69, 9.17) is 0 Å². The number of nitrogens with zero attached hydrogens (tertiary/aromatic N) is 1. The lowest BCUT2D eigenvalue weighted by Gasteiger charge is -2.19. The summed E-state index contributed by atoms with van der Waals surface area (Å²) < 4.78 is 0. The van der Waals surface area contributed by atoms with Crippen molar-refractivity contribution in [3.05, 3.63) is 24.3 Å². The van der Waals surface area contributed by atoms with Gasteiger partial charge in [0.1, 0.15) is 0 Å². The Kier molecular flexibility index (Phi) is 4.50. The van der Waals surface area contributed by atoms with Gasteiger partial charge in [-0.05, 0) is 31.0 Å². The first-order chi connectivity index (χ1) is 9.86. The highest BCUT2D eigenvalue weighted by Crippen LogP contribution is 2.20. The lowest BCUT2D eigenvalue weighted by molar-refractivity contribution is -0.123. The number of hydrogen-bond donors (Lipinski definition) is 2. The van der Waals surface area contributed by atoms with Crippen LogP contribution < -0.4 is 10.6 Å². The van der Waals surface area contributed by atoms with E-state index in [0.29, 0.717) is 11.4 Å². The van der Waals surface area contributed by atoms with E-state index in [1.807, 2.05) is 39.0 Å². The summed E-state index contributed by atoms with van der Waals surface area (Å²) in [5.41, 5.74) is 0.933. The Morgan fingerprint density at radius 1 is 1.05 bits per heavy atom. The van der Waals surface area contributed by atoms with Gasteiger partial charge >= 0.3 is 6.03 Å². The summed E-state index contributed by atoms with van der Waals surface area (Å²) in [5, 5.41) is 5.73. The number of rotatable bonds is 2. The summed E-state index contributed by atoms with van der Waals surface area (Å²) in [4.78, 5) is 25.8. The smallest absolute Gasteiger partial charge is 0.321 e. The Hall–Kier alpha value is -2.04. The predicted molar refractivity (Wildman–Crippen MR) is 84.4 cm³/mol. The van der Waals surface area contributed by atoms with Crippen LogP contribution in [0.5, 0.6) is 0 Å². The van der Waals surface area contributed by atoms with Gasteiger partial charge in [0.25, 0.3) is 0 Å². The van der Waals surface area contributed by atoms with Crippen molar-refractivity contribution >= 4 is 23.3 Å². The molecule has 1 aromatic carbocycles. The molecule has 1 aliphatic heterocycles. The van der Waals surface area contributed by atoms with Crippen LogP contribution in [0.1, 0.15) is 33.6 Å². The third kappa shape index (κ3) is 4.21. The zero-order chi connectivity index (χ0) is 15.5. The van der Waals surface area contributed by atoms with E-state index in [1.54, 1.807) is 11.0 Å². The van der Waals surface area contributed by atoms with Crippen molar-refractivity contribution in [3.63, 3.8) is 0 Å². The first-order valence-corrected chi connectivity index (χ1v) is 7.34. The Bertz CT molecular complexity index is 529. The van der Waals surface area contributed by atoms with E-state index < -0.39 is 5.41 Å². The number of anilines is 2. The average molecular weight is 289 g/mol. The molecule has 2 N–H and O–H groups in total. The first-order valence-electron chi connectivity index (χ1n) is 7.34. The van der Waals surface area contributed by atoms with Crippen molar-refractivity contribution in [2.75, 3.05) is 23.7 Å². The Balaban J connectivity index is 2.00. The third-order valence-electron chi connectivity index (χ3n) is 3.45. The van der Waals surface area contributed by atoms with Crippen LogP contribution in [0.15, 0.2) is 24.3 Å². The van der Waals surface area contributed by atoms with Gasteiger partial charge in [0.15, 0.2) is 0 Å². The molecule has 0 radical (unpaired) electrons. The lowest BCUT2D eigenvalue weighted by Crippen LogP contribution is -2.32. The minimum atomic E-state index is -0.450. The van der Waals surface area contributed by atoms with Crippen molar-refractivity contribution in [2.24, 2.45) is 5.41 Å². The number of likely N-dealkylation sites (tertiary alicyclic amines) is 1. The van der Waals surface area contributed by atoms with Crippen LogP contribution in [0, 0.1) is 5.41 Å². The van der Waals surface area contributed by atoms with Crippen LogP contribution in [0.25, 0.3) is 0 Å². The average Bonchev–Trinajstić information content (AvgIpc) is 2.91. The summed E-state index contributed by atoms with van der Waals surface area (Å²) in [6.45, 7) is 7.21. The monoisotopic (exact) mass is 289 g/mol. The minimum absolute atomic E-state index is 0.0504. The van der Waals surface area contributed by atoms with Crippen LogP contribution in [-0.4, -0.2) is 29.9 Å². The molecule has 0 atom stereocenters. The van der Waals surface area contributed by atoms with Crippen molar-refractivity contribution in [3.8, 4) is 0 Å². The number of urea groups is 1. The van der Waals surface area contributed by atoms with Gasteiger partial charge in [-0.1, -0.05) is 26.8 Å². The Labute approximate surface area is 125 Å². The van der Waals surface area contributed by atoms with Crippen LogP contribution in [-0.2, 0) is 4.79 Å². The molecule has 1 aliphatic rings. The molecule has 0 aliphatic carbocycles. The highest BCUT2D eigenvalue weighted by molar-refractivity contribution is 5.96. The summed E-state index contributed by atoms with van der Waals surface area (Å²) in [7, 11) is 0. The number of nitrogens with one attached hydrogen (secondary N) is 2. The van der Waals surface area contributed by atoms with E-state index in [-0.39, 0.29) is 11.9 Å². The quantitative estimate of drug-likeness (QED) is 0.877. The second kappa shape index (κ2) is 6.16. The van der Waals surface area contributed by atoms with Gasteiger partial charge in [0.2, 0.25) is 5.91 Å². The highest BCUT2D eigenvalue weighted by atomic mass is 16.2. The van der Waals surface area contributed by atoms with Gasteiger partial charge in [0, 0.05) is 29.9 Å². The maximum Gasteiger partial charge on any atom is 0.321 e. The van der Waals surface area contributed by atoms with Gasteiger partial charge in [-0.3, -0.25) is 4.79 Å². The molecule has 5 heteroatoms. The zero-order valence-corrected chi connectivity index (χ0v) is 12.9. The van der Waals surface area contributed by atoms with Crippen LogP contribution >= 0.6 is 0 Å². The molecule has 0 saturated carbocycles. The number of benzene rings is 1. The normalized spacial score (nSPS) is 14.9. The molecular weight excluding hydrogens is 266 g/mol. The molecule has 1 fully saturated rings. The molecule has 3 amide bonds. The van der Waals surface area contributed by atoms with Crippen molar-refractivity contribution in [1.29, 1.82) is 0 Å². The van der Waals surface area contributed by atoms with Crippen molar-refractivity contribution in [1.82, 2.24) is 4.90 Å². The van der Waals surface area contributed by atoms with E-state index in [9.17, 15) is 9.59 Å². The number of carbonyl (C=O) groups is 2. The van der Waals surface area contributed by atoms with Gasteiger partial charge in [-0.2, -0.15) is 0 Å². The molecule has 0 unspecified atom stereocenters. The van der Waals surface area contributed by atoms with E-state index >= 15 is 0 Å². The molecule has 0 aromatic heterocycles. The maximum atomic E-state index is 12.0. The number of carbonyl (C=O) groups excluding carboxylic acids is 2. The van der Waals surface area contributed by atoms with Crippen molar-refractivity contribution < 1.29 is 9.59 Å². The molecule has 2 rings (SSSR count). The first kappa shape index (κ1) is 15.4. The van der Waals surface area contributed by atoms with E-state index in [0.717, 1.165) is 25.9 Å². The van der Waals surface area contributed by atoms with Gasteiger partial charge in [-0.15, -0.1) is 0 Å². The molecule has 5 nitrogen and oxygen atoms in total. The molecule has 21 heavy (non-hydrogen) atoms. The summed E-state index contributed by atoms with van der Waals surface area (Å²) in [6, 6.07) is 7.15. The molecule has 1 saturated heterocycles. The summed E-state index contributed by atoms with van der Waals surface area (Å²) in [6.07, 6.45) is 2.13. The lowest BCUT2D eigenvalue weighted by atomic mass is 9.95. The van der Waals surface area contributed by atoms with Crippen LogP contribution in [0.3, 0.4) is 0 Å². The Morgan fingerprint density at radius 2 is 1.62 bits per heavy atom. The predicted octanol–water partition coefficient (Wildman–Crippen LogP) is 3.30. The molecular formula is C16H23N3O2. The maximum absolute atomic E-state index is 12.0. The van der Waals surface area contributed by atoms with Gasteiger partial charge < -0.3 is 15.5 Å². The summed E-state index contributed by atoms with van der Waals surface area (Å²) >= 11 is 0. The molecule has 114 valence electrons. The fourth-order valence-electron chi connectivity index (χ4n) is 2.12. The van der Waals surface area contributed by atoms with Crippen LogP contribution in [0.4, 0.5) is 16.2 Å². The van der Waals surface area contributed by atoms with Gasteiger partial charge in [0.05, 0.1) is 0 Å². The standard InChI is InChI=1S/C16H23N3O2/c1-16(2,3)14(20)17-12-7-6-8-13(11-12)18-15(21)19-9-4-5-10-19/h6-8,11H,4-5,9-10H2,1-3H3,(H,17,20)(H,18,21). The molecule has 0 bridgehead atoms.